The Hall–Kier alpha value is -0.160. The lowest BCUT2D eigenvalue weighted by atomic mass is 11.4. The van der Waals surface area contributed by atoms with E-state index in [-0.39, 0.29) is 4.81 Å². The summed E-state index contributed by atoms with van der Waals surface area (Å²) in [5, 5.41) is 0. The van der Waals surface area contributed by atoms with Crippen LogP contribution in [0.3, 0.4) is 0 Å². The van der Waals surface area contributed by atoms with Gasteiger partial charge in [0, 0.05) is 0 Å². The molecule has 0 aliphatic carbocycles. The van der Waals surface area contributed by atoms with Crippen LogP contribution in [0.2, 0.25) is 0 Å². The topological polar surface area (TPSA) is 74.0 Å². The van der Waals surface area contributed by atoms with Crippen molar-refractivity contribution in [1.82, 2.24) is 5.43 Å². The van der Waals surface area contributed by atoms with Crippen LogP contribution >= 0.6 is 0 Å². The van der Waals surface area contributed by atoms with Crippen LogP contribution in [0.5, 0.6) is 0 Å². The Kier molecular flexibility index (Phi) is 0.307. The Balaban J connectivity index is 2.38. The van der Waals surface area contributed by atoms with Crippen LogP contribution in [0.25, 0.3) is 0 Å². The van der Waals surface area contributed by atoms with Crippen molar-refractivity contribution in [3.8, 4) is 0 Å². The Morgan fingerprint density at radius 3 is 1.80 bits per heavy atom. The van der Waals surface area contributed by atoms with E-state index >= 15 is 0 Å². The molecule has 4 nitrogen and oxygen atoms in total. The number of quaternary nitrogens is 1. The molecule has 0 aromatic carbocycles. The van der Waals surface area contributed by atoms with Gasteiger partial charge in [-0.05, 0) is 0 Å². The molecule has 1 saturated heterocycles. The molecule has 0 unspecified atom stereocenters. The maximum Gasteiger partial charge on any atom is 0.232 e. The van der Waals surface area contributed by atoms with Gasteiger partial charge >= 0.3 is 0 Å². The van der Waals surface area contributed by atoms with Crippen molar-refractivity contribution in [2.75, 3.05) is 6.67 Å². The van der Waals surface area contributed by atoms with Crippen molar-refractivity contribution < 1.29 is 4.81 Å². The Bertz CT molecular complexity index is 41.6. The minimum absolute atomic E-state index is 0. The summed E-state index contributed by atoms with van der Waals surface area (Å²) in [5.41, 5.74) is 2.67. The molecule has 1 aliphatic heterocycles. The smallest absolute Gasteiger partial charge is 0.140 e. The first-order valence-electron chi connectivity index (χ1n) is 1.41. The lowest BCUT2D eigenvalue weighted by Crippen LogP contribution is -2.44. The number of nitrogens with two attached hydrogens (primary N) is 2. The number of nitrogens with zero attached hydrogens (tertiary/aromatic N) is 1. The van der Waals surface area contributed by atoms with E-state index in [1.54, 1.807) is 0 Å². The fourth-order valence-electron chi connectivity index (χ4n) is 0.0816. The Morgan fingerprint density at radius 2 is 1.80 bits per heavy atom. The van der Waals surface area contributed by atoms with Crippen molar-refractivity contribution in [2.45, 2.75) is 0 Å². The molecule has 0 aromatic rings. The van der Waals surface area contributed by atoms with Crippen molar-refractivity contribution in [3.63, 3.8) is 0 Å². The van der Waals surface area contributed by atoms with E-state index in [4.69, 9.17) is 11.7 Å². The summed E-state index contributed by atoms with van der Waals surface area (Å²) in [4.78, 5) is 0. The van der Waals surface area contributed by atoms with Crippen LogP contribution in [0.4, 0.5) is 0 Å². The van der Waals surface area contributed by atoms with Gasteiger partial charge in [0.15, 0.2) is 0 Å². The van der Waals surface area contributed by atoms with Gasteiger partial charge in [-0.1, -0.05) is 10.2 Å². The van der Waals surface area contributed by atoms with Crippen molar-refractivity contribution in [1.29, 1.82) is 0 Å². The molecule has 5 heavy (non-hydrogen) atoms. The van der Waals surface area contributed by atoms with E-state index in [9.17, 15) is 0 Å². The van der Waals surface area contributed by atoms with E-state index in [1.807, 2.05) is 0 Å². The van der Waals surface area contributed by atoms with Crippen LogP contribution in [-0.2, 0) is 0 Å². The van der Waals surface area contributed by atoms with Gasteiger partial charge in [0.2, 0.25) is 6.67 Å². The van der Waals surface area contributed by atoms with E-state index in [0.717, 1.165) is 0 Å². The third-order valence-corrected chi connectivity index (χ3v) is 0.523. The number of hydrogen-bond acceptors (Lipinski definition) is 3. The van der Waals surface area contributed by atoms with E-state index in [1.165, 1.54) is 0 Å². The highest BCUT2D eigenvalue weighted by Gasteiger charge is 2.34. The average molecular weight is 75.1 g/mol. The van der Waals surface area contributed by atoms with Crippen LogP contribution in [0.1, 0.15) is 0 Å². The highest BCUT2D eigenvalue weighted by molar-refractivity contribution is 4.19. The van der Waals surface area contributed by atoms with Crippen LogP contribution < -0.4 is 17.1 Å². The maximum absolute atomic E-state index is 5.07. The molecule has 1 heterocycles. The number of nitrogens with one attached hydrogen (secondary N) is 1. The molecule has 0 saturated carbocycles. The van der Waals surface area contributed by atoms with Gasteiger partial charge in [0.05, 0.1) is 0 Å². The summed E-state index contributed by atoms with van der Waals surface area (Å²) in [6.45, 7) is 0.694. The molecule has 5 N–H and O–H groups in total. The predicted octanol–water partition coefficient (Wildman–Crippen LogP) is -1.97. The highest BCUT2D eigenvalue weighted by Crippen LogP contribution is 1.88. The van der Waals surface area contributed by atoms with Crippen molar-refractivity contribution in [2.24, 2.45) is 11.7 Å². The molecule has 30 valence electrons. The van der Waals surface area contributed by atoms with Gasteiger partial charge in [0.1, 0.15) is 0 Å². The van der Waals surface area contributed by atoms with Crippen molar-refractivity contribution >= 4 is 0 Å². The van der Waals surface area contributed by atoms with Crippen LogP contribution in [0.15, 0.2) is 0 Å². The molecule has 1 fully saturated rings. The zero-order chi connectivity index (χ0) is 3.91. The third kappa shape index (κ3) is 0.555. The lowest BCUT2D eigenvalue weighted by molar-refractivity contribution is -0.849. The largest absolute Gasteiger partial charge is 0.232 e. The first kappa shape index (κ1) is 3.05. The third-order valence-electron chi connectivity index (χ3n) is 0.523. The zero-order valence-electron chi connectivity index (χ0n) is 2.81. The Labute approximate surface area is 29.8 Å². The minimum Gasteiger partial charge on any atom is -0.140 e. The van der Waals surface area contributed by atoms with Crippen molar-refractivity contribution in [3.05, 3.63) is 0 Å². The summed E-state index contributed by atoms with van der Waals surface area (Å²) in [6.07, 6.45) is 0. The predicted molar refractivity (Wildman–Crippen MR) is 16.6 cm³/mol. The first-order valence-corrected chi connectivity index (χ1v) is 1.41. The minimum atomic E-state index is 0. The molecule has 1 rings (SSSR count). The molecule has 4 heteroatoms. The molecular weight excluding hydrogens is 68.0 g/mol. The number of rotatable bonds is 0. The van der Waals surface area contributed by atoms with Gasteiger partial charge in [-0.15, -0.1) is 11.7 Å². The summed E-state index contributed by atoms with van der Waals surface area (Å²) >= 11 is 0. The molecular formula is CH7N4+. The average Bonchev–Trinajstić information content (AvgIpc) is 1.76. The highest BCUT2D eigenvalue weighted by atomic mass is 16.1. The van der Waals surface area contributed by atoms with Gasteiger partial charge in [-0.3, -0.25) is 0 Å². The fourth-order valence-corrected chi connectivity index (χ4v) is 0.0816. The number of hydrogen-bond donors (Lipinski definition) is 3. The molecule has 0 aromatic heterocycles. The maximum atomic E-state index is 5.07. The molecule has 1 aliphatic rings. The van der Waals surface area contributed by atoms with Gasteiger partial charge in [-0.2, -0.15) is 0 Å². The second-order valence-electron chi connectivity index (χ2n) is 1.25. The fraction of sp³-hybridized carbons (Fsp3) is 1.00. The Morgan fingerprint density at radius 1 is 1.60 bits per heavy atom. The second-order valence-corrected chi connectivity index (χ2v) is 1.25. The lowest BCUT2D eigenvalue weighted by Gasteiger charge is -1.89. The zero-order valence-corrected chi connectivity index (χ0v) is 2.81. The summed E-state index contributed by atoms with van der Waals surface area (Å²) in [7, 11) is 0. The van der Waals surface area contributed by atoms with Gasteiger partial charge in [-0.25, -0.2) is 0 Å². The standard InChI is InChI=1S/CH7N4/c2-5(3)1-4-5/h4H,1-3H2/q+1. The van der Waals surface area contributed by atoms with E-state index in [2.05, 4.69) is 5.43 Å². The van der Waals surface area contributed by atoms with Crippen LogP contribution in [0, 0.1) is 0 Å². The monoisotopic (exact) mass is 75.1 g/mol. The molecule has 0 radical (unpaired) electrons. The molecule has 0 bridgehead atoms. The van der Waals surface area contributed by atoms with Gasteiger partial charge < -0.3 is 0 Å². The quantitative estimate of drug-likeness (QED) is 0.177. The molecule has 0 amide bonds. The van der Waals surface area contributed by atoms with Gasteiger partial charge in [0.25, 0.3) is 0 Å². The van der Waals surface area contributed by atoms with E-state index in [0.29, 0.717) is 6.67 Å². The normalized spacial score (nSPS) is 30.0. The first-order chi connectivity index (χ1) is 2.21. The second kappa shape index (κ2) is 0.504. The SMILES string of the molecule is N[N+]1(N)CN1. The summed E-state index contributed by atoms with van der Waals surface area (Å²) in [6, 6.07) is 0. The summed E-state index contributed by atoms with van der Waals surface area (Å²) < 4.78 is 0. The molecule has 0 spiro atoms. The van der Waals surface area contributed by atoms with Crippen LogP contribution in [-0.4, -0.2) is 11.5 Å². The molecule has 0 atom stereocenters. The van der Waals surface area contributed by atoms with E-state index < -0.39 is 0 Å². The summed E-state index contributed by atoms with van der Waals surface area (Å²) in [5.74, 6) is 10.1.